The molecule has 4 rings (SSSR count). The summed E-state index contributed by atoms with van der Waals surface area (Å²) in [6, 6.07) is 1.08. The lowest BCUT2D eigenvalue weighted by Crippen LogP contribution is -2.15. The Labute approximate surface area is 139 Å². The third kappa shape index (κ3) is 4.00. The molecule has 25 heavy (non-hydrogen) atoms. The van der Waals surface area contributed by atoms with Crippen molar-refractivity contribution >= 4 is 5.69 Å². The second-order valence-corrected chi connectivity index (χ2v) is 5.92. The van der Waals surface area contributed by atoms with E-state index in [1.807, 2.05) is 0 Å². The summed E-state index contributed by atoms with van der Waals surface area (Å²) in [6.45, 7) is 0. The fraction of sp³-hybridized carbons (Fsp3) is 0.429. The first kappa shape index (κ1) is 16.6. The minimum absolute atomic E-state index is 0.134. The van der Waals surface area contributed by atoms with Gasteiger partial charge in [-0.1, -0.05) is 0 Å². The Morgan fingerprint density at radius 1 is 1.04 bits per heavy atom. The van der Waals surface area contributed by atoms with E-state index < -0.39 is 22.0 Å². The Balaban J connectivity index is 0.000000150. The van der Waals surface area contributed by atoms with Gasteiger partial charge in [0, 0.05) is 11.8 Å². The first-order valence-corrected chi connectivity index (χ1v) is 7.63. The highest BCUT2D eigenvalue weighted by Gasteiger charge is 2.30. The number of H-pyrrole nitrogens is 2. The Morgan fingerprint density at radius 2 is 1.60 bits per heavy atom. The molecule has 0 bridgehead atoms. The molecule has 0 aliphatic heterocycles. The second kappa shape index (κ2) is 6.34. The van der Waals surface area contributed by atoms with E-state index in [1.165, 1.54) is 0 Å². The SMILES string of the molecule is O=c1[nH]c(C2CC2)nc(O)c1[N+](=O)[O-].O=c1cc(O)nc(C2CC2)[nH]1. The van der Waals surface area contributed by atoms with Crippen LogP contribution in [-0.4, -0.2) is 35.1 Å². The summed E-state index contributed by atoms with van der Waals surface area (Å²) in [5.41, 5.74) is -2.07. The molecule has 2 aliphatic carbocycles. The van der Waals surface area contributed by atoms with E-state index in [2.05, 4.69) is 19.9 Å². The first-order chi connectivity index (χ1) is 11.8. The largest absolute Gasteiger partial charge is 0.493 e. The maximum absolute atomic E-state index is 11.1. The summed E-state index contributed by atoms with van der Waals surface area (Å²) in [7, 11) is 0. The number of rotatable bonds is 3. The topological polar surface area (TPSA) is 175 Å². The number of aromatic hydroxyl groups is 2. The summed E-state index contributed by atoms with van der Waals surface area (Å²) in [6.07, 6.45) is 3.90. The molecule has 0 amide bonds. The molecule has 0 unspecified atom stereocenters. The van der Waals surface area contributed by atoms with Crippen molar-refractivity contribution in [1.82, 2.24) is 19.9 Å². The number of hydrogen-bond donors (Lipinski definition) is 4. The molecule has 2 aromatic heterocycles. The van der Waals surface area contributed by atoms with Gasteiger partial charge < -0.3 is 20.2 Å². The number of nitro groups is 1. The number of hydrogen-bond acceptors (Lipinski definition) is 8. The van der Waals surface area contributed by atoms with Crippen molar-refractivity contribution in [3.8, 4) is 11.8 Å². The van der Waals surface area contributed by atoms with E-state index in [-0.39, 0.29) is 17.4 Å². The minimum atomic E-state index is -0.947. The molecule has 2 aromatic rings. The van der Waals surface area contributed by atoms with Crippen LogP contribution in [0, 0.1) is 10.1 Å². The molecule has 2 saturated carbocycles. The molecule has 132 valence electrons. The van der Waals surface area contributed by atoms with Crippen LogP contribution >= 0.6 is 0 Å². The van der Waals surface area contributed by atoms with E-state index in [1.54, 1.807) is 0 Å². The molecule has 0 spiro atoms. The van der Waals surface area contributed by atoms with Gasteiger partial charge in [-0.15, -0.1) is 0 Å². The van der Waals surface area contributed by atoms with Gasteiger partial charge in [-0.05, 0) is 25.7 Å². The molecule has 2 aliphatic rings. The fourth-order valence-electron chi connectivity index (χ4n) is 2.20. The predicted octanol–water partition coefficient (Wildman–Crippen LogP) is 0.614. The lowest BCUT2D eigenvalue weighted by molar-refractivity contribution is -0.387. The van der Waals surface area contributed by atoms with Gasteiger partial charge in [0.25, 0.3) is 11.4 Å². The van der Waals surface area contributed by atoms with Gasteiger partial charge in [0.15, 0.2) is 0 Å². The van der Waals surface area contributed by atoms with E-state index >= 15 is 0 Å². The van der Waals surface area contributed by atoms with Crippen LogP contribution in [0.2, 0.25) is 0 Å². The second-order valence-electron chi connectivity index (χ2n) is 5.92. The van der Waals surface area contributed by atoms with Gasteiger partial charge in [-0.3, -0.25) is 19.7 Å². The summed E-state index contributed by atoms with van der Waals surface area (Å²) in [4.78, 5) is 43.6. The maximum Gasteiger partial charge on any atom is 0.395 e. The summed E-state index contributed by atoms with van der Waals surface area (Å²) in [5, 5.41) is 28.4. The number of aromatic amines is 2. The molecule has 11 nitrogen and oxygen atoms in total. The van der Waals surface area contributed by atoms with Crippen molar-refractivity contribution in [2.75, 3.05) is 0 Å². The molecule has 0 radical (unpaired) electrons. The van der Waals surface area contributed by atoms with Crippen LogP contribution < -0.4 is 11.1 Å². The van der Waals surface area contributed by atoms with Crippen LogP contribution in [0.5, 0.6) is 11.8 Å². The molecule has 2 heterocycles. The van der Waals surface area contributed by atoms with Gasteiger partial charge in [0.2, 0.25) is 5.88 Å². The zero-order chi connectivity index (χ0) is 18.1. The third-order valence-electron chi connectivity index (χ3n) is 3.75. The molecule has 4 N–H and O–H groups in total. The van der Waals surface area contributed by atoms with Crippen molar-refractivity contribution in [2.24, 2.45) is 0 Å². The fourth-order valence-corrected chi connectivity index (χ4v) is 2.20. The highest BCUT2D eigenvalue weighted by atomic mass is 16.6. The molecule has 0 atom stereocenters. The standard InChI is InChI=1S/C7H7N3O4.C7H8N2O2/c11-6-4(10(13)14)7(12)9-5(8-6)3-1-2-3;10-5-3-6(11)9-7(8-5)4-1-2-4/h3H,1-2H2,(H2,8,9,11,12);3-4H,1-2H2,(H2,8,9,10,11). The smallest absolute Gasteiger partial charge is 0.395 e. The van der Waals surface area contributed by atoms with E-state index in [0.717, 1.165) is 31.7 Å². The van der Waals surface area contributed by atoms with Gasteiger partial charge in [-0.2, -0.15) is 4.98 Å². The number of nitrogens with one attached hydrogen (secondary N) is 2. The van der Waals surface area contributed by atoms with E-state index in [0.29, 0.717) is 17.6 Å². The predicted molar refractivity (Wildman–Crippen MR) is 83.6 cm³/mol. The zero-order valence-corrected chi connectivity index (χ0v) is 12.9. The lowest BCUT2D eigenvalue weighted by atomic mass is 10.4. The Morgan fingerprint density at radius 3 is 2.04 bits per heavy atom. The van der Waals surface area contributed by atoms with Crippen LogP contribution in [0.1, 0.15) is 49.2 Å². The van der Waals surface area contributed by atoms with Crippen molar-refractivity contribution < 1.29 is 15.1 Å². The minimum Gasteiger partial charge on any atom is -0.493 e. The van der Waals surface area contributed by atoms with Crippen molar-refractivity contribution in [3.05, 3.63) is 48.5 Å². The highest BCUT2D eigenvalue weighted by Crippen LogP contribution is 2.38. The maximum atomic E-state index is 11.1. The van der Waals surface area contributed by atoms with Crippen LogP contribution in [-0.2, 0) is 0 Å². The summed E-state index contributed by atoms with van der Waals surface area (Å²) in [5.74, 6) is 0.466. The van der Waals surface area contributed by atoms with Gasteiger partial charge in [0.05, 0.1) is 11.0 Å². The summed E-state index contributed by atoms with van der Waals surface area (Å²) < 4.78 is 0. The average molecular weight is 349 g/mol. The first-order valence-electron chi connectivity index (χ1n) is 7.63. The van der Waals surface area contributed by atoms with Crippen molar-refractivity contribution in [1.29, 1.82) is 0 Å². The molecule has 2 fully saturated rings. The molecular weight excluding hydrogens is 334 g/mol. The number of aromatic nitrogens is 4. The van der Waals surface area contributed by atoms with Crippen molar-refractivity contribution in [3.63, 3.8) is 0 Å². The molecule has 0 saturated heterocycles. The van der Waals surface area contributed by atoms with Crippen molar-refractivity contribution in [2.45, 2.75) is 37.5 Å². The van der Waals surface area contributed by atoms with E-state index in [4.69, 9.17) is 10.2 Å². The quantitative estimate of drug-likeness (QED) is 0.460. The Bertz CT molecular complexity index is 928. The van der Waals surface area contributed by atoms with Gasteiger partial charge in [-0.25, -0.2) is 4.98 Å². The Kier molecular flexibility index (Phi) is 4.21. The van der Waals surface area contributed by atoms with Crippen LogP contribution in [0.3, 0.4) is 0 Å². The van der Waals surface area contributed by atoms with Gasteiger partial charge >= 0.3 is 11.2 Å². The zero-order valence-electron chi connectivity index (χ0n) is 12.9. The van der Waals surface area contributed by atoms with E-state index in [9.17, 15) is 19.7 Å². The van der Waals surface area contributed by atoms with Crippen LogP contribution in [0.25, 0.3) is 0 Å². The molecule has 11 heteroatoms. The monoisotopic (exact) mass is 349 g/mol. The van der Waals surface area contributed by atoms with Crippen LogP contribution in [0.15, 0.2) is 15.7 Å². The normalized spacial score (nSPS) is 16.0. The third-order valence-corrected chi connectivity index (χ3v) is 3.75. The highest BCUT2D eigenvalue weighted by molar-refractivity contribution is 5.37. The Hall–Kier alpha value is -3.24. The molecular formula is C14H15N5O6. The van der Waals surface area contributed by atoms with Crippen LogP contribution in [0.4, 0.5) is 5.69 Å². The summed E-state index contributed by atoms with van der Waals surface area (Å²) >= 11 is 0. The van der Waals surface area contributed by atoms with Gasteiger partial charge in [0.1, 0.15) is 11.6 Å². The molecule has 0 aromatic carbocycles. The average Bonchev–Trinajstić information content (AvgIpc) is 3.37. The number of nitrogens with zero attached hydrogens (tertiary/aromatic N) is 3. The lowest BCUT2D eigenvalue weighted by Gasteiger charge is -1.98.